The number of unbranched alkanes of at least 4 members (excludes halogenated alkanes) is 2. The van der Waals surface area contributed by atoms with E-state index in [2.05, 4.69) is 11.9 Å². The van der Waals surface area contributed by atoms with Crippen LogP contribution in [0.4, 0.5) is 0 Å². The zero-order valence-electron chi connectivity index (χ0n) is 10.9. The first-order valence-corrected chi connectivity index (χ1v) is 6.72. The van der Waals surface area contributed by atoms with Crippen LogP contribution in [0, 0.1) is 5.41 Å². The van der Waals surface area contributed by atoms with E-state index < -0.39 is 5.97 Å². The lowest BCUT2D eigenvalue weighted by atomic mass is 9.66. The van der Waals surface area contributed by atoms with Crippen molar-refractivity contribution in [2.45, 2.75) is 51.4 Å². The number of carbonyl (C=O) groups is 2. The molecule has 18 heavy (non-hydrogen) atoms. The predicted octanol–water partition coefficient (Wildman–Crippen LogP) is 2.49. The second kappa shape index (κ2) is 7.19. The largest absolute Gasteiger partial charge is 0.481 e. The third kappa shape index (κ3) is 4.17. The van der Waals surface area contributed by atoms with Crippen molar-refractivity contribution in [1.29, 1.82) is 0 Å². The number of rotatable bonds is 9. The van der Waals surface area contributed by atoms with Gasteiger partial charge >= 0.3 is 5.97 Å². The van der Waals surface area contributed by atoms with Crippen molar-refractivity contribution in [3.8, 4) is 0 Å². The molecule has 1 aliphatic carbocycles. The van der Waals surface area contributed by atoms with Gasteiger partial charge in [-0.05, 0) is 32.1 Å². The van der Waals surface area contributed by atoms with Crippen molar-refractivity contribution >= 4 is 11.9 Å². The maximum atomic E-state index is 12.0. The summed E-state index contributed by atoms with van der Waals surface area (Å²) in [6.07, 6.45) is 8.23. The Bertz CT molecular complexity index is 308. The van der Waals surface area contributed by atoms with Gasteiger partial charge < -0.3 is 10.4 Å². The molecule has 0 aliphatic heterocycles. The second-order valence-electron chi connectivity index (χ2n) is 5.09. The number of hydrogen-bond donors (Lipinski definition) is 2. The van der Waals surface area contributed by atoms with E-state index in [1.165, 1.54) is 0 Å². The minimum atomic E-state index is -0.751. The van der Waals surface area contributed by atoms with Gasteiger partial charge in [0.25, 0.3) is 0 Å². The zero-order valence-corrected chi connectivity index (χ0v) is 10.9. The van der Waals surface area contributed by atoms with Crippen LogP contribution < -0.4 is 5.32 Å². The summed E-state index contributed by atoms with van der Waals surface area (Å²) >= 11 is 0. The van der Waals surface area contributed by atoms with Crippen molar-refractivity contribution in [3.63, 3.8) is 0 Å². The van der Waals surface area contributed by atoms with E-state index >= 15 is 0 Å². The van der Waals surface area contributed by atoms with Gasteiger partial charge in [-0.2, -0.15) is 0 Å². The number of allylic oxidation sites excluding steroid dienone is 1. The van der Waals surface area contributed by atoms with Crippen molar-refractivity contribution in [3.05, 3.63) is 12.7 Å². The monoisotopic (exact) mass is 253 g/mol. The van der Waals surface area contributed by atoms with Crippen LogP contribution in [0.5, 0.6) is 0 Å². The van der Waals surface area contributed by atoms with Gasteiger partial charge in [-0.25, -0.2) is 0 Å². The Labute approximate surface area is 108 Å². The molecule has 0 unspecified atom stereocenters. The molecule has 4 heteroatoms. The fraction of sp³-hybridized carbons (Fsp3) is 0.714. The minimum absolute atomic E-state index is 0.145. The van der Waals surface area contributed by atoms with Crippen LogP contribution in [0.3, 0.4) is 0 Å². The molecule has 1 amide bonds. The molecule has 1 aliphatic rings. The molecule has 1 saturated carbocycles. The average Bonchev–Trinajstić information content (AvgIpc) is 2.27. The fourth-order valence-electron chi connectivity index (χ4n) is 2.37. The van der Waals surface area contributed by atoms with E-state index in [4.69, 9.17) is 5.11 Å². The Hall–Kier alpha value is -1.32. The van der Waals surface area contributed by atoms with Gasteiger partial charge in [-0.1, -0.05) is 18.9 Å². The van der Waals surface area contributed by atoms with Gasteiger partial charge in [-0.15, -0.1) is 6.58 Å². The Morgan fingerprint density at radius 2 is 2.00 bits per heavy atom. The number of carbonyl (C=O) groups excluding carboxylic acids is 1. The molecule has 102 valence electrons. The van der Waals surface area contributed by atoms with E-state index in [0.717, 1.165) is 38.5 Å². The summed E-state index contributed by atoms with van der Waals surface area (Å²) in [5, 5.41) is 11.4. The van der Waals surface area contributed by atoms with Gasteiger partial charge in [0.2, 0.25) is 5.91 Å². The number of aliphatic carboxylic acids is 1. The second-order valence-corrected chi connectivity index (χ2v) is 5.09. The normalized spacial score (nSPS) is 16.7. The number of nitrogens with one attached hydrogen (secondary N) is 1. The molecule has 0 spiro atoms. The summed E-state index contributed by atoms with van der Waals surface area (Å²) in [6, 6.07) is 0. The lowest BCUT2D eigenvalue weighted by Crippen LogP contribution is -2.45. The van der Waals surface area contributed by atoms with Gasteiger partial charge in [0.15, 0.2) is 0 Å². The predicted molar refractivity (Wildman–Crippen MR) is 70.2 cm³/mol. The molecule has 0 heterocycles. The fourth-order valence-corrected chi connectivity index (χ4v) is 2.37. The summed E-state index contributed by atoms with van der Waals surface area (Å²) in [5.74, 6) is -0.606. The smallest absolute Gasteiger partial charge is 0.303 e. The highest BCUT2D eigenvalue weighted by molar-refractivity contribution is 5.83. The summed E-state index contributed by atoms with van der Waals surface area (Å²) in [6.45, 7) is 4.36. The van der Waals surface area contributed by atoms with E-state index in [0.29, 0.717) is 13.0 Å². The zero-order chi connectivity index (χ0) is 13.4. The first-order chi connectivity index (χ1) is 8.60. The molecule has 0 aromatic rings. The molecule has 1 fully saturated rings. The highest BCUT2D eigenvalue weighted by atomic mass is 16.4. The molecule has 0 saturated heterocycles. The summed E-state index contributed by atoms with van der Waals surface area (Å²) < 4.78 is 0. The van der Waals surface area contributed by atoms with E-state index in [-0.39, 0.29) is 17.7 Å². The highest BCUT2D eigenvalue weighted by Gasteiger charge is 2.42. The molecule has 0 aromatic heterocycles. The first kappa shape index (κ1) is 14.7. The summed E-state index contributed by atoms with van der Waals surface area (Å²) in [5.41, 5.74) is -0.192. The quantitative estimate of drug-likeness (QED) is 0.490. The first-order valence-electron chi connectivity index (χ1n) is 6.72. The topological polar surface area (TPSA) is 66.4 Å². The molecule has 0 atom stereocenters. The highest BCUT2D eigenvalue weighted by Crippen LogP contribution is 2.44. The molecular formula is C14H23NO3. The number of carboxylic acids is 1. The molecule has 2 N–H and O–H groups in total. The van der Waals surface area contributed by atoms with Gasteiger partial charge in [0.1, 0.15) is 0 Å². The number of amides is 1. The molecule has 4 nitrogen and oxygen atoms in total. The Morgan fingerprint density at radius 3 is 2.50 bits per heavy atom. The molecular weight excluding hydrogens is 230 g/mol. The van der Waals surface area contributed by atoms with Crippen molar-refractivity contribution < 1.29 is 14.7 Å². The molecule has 1 rings (SSSR count). The lowest BCUT2D eigenvalue weighted by Gasteiger charge is -2.39. The molecule has 0 aromatic carbocycles. The lowest BCUT2D eigenvalue weighted by molar-refractivity contribution is -0.137. The maximum Gasteiger partial charge on any atom is 0.303 e. The Kier molecular flexibility index (Phi) is 5.89. The van der Waals surface area contributed by atoms with Gasteiger partial charge in [0.05, 0.1) is 5.41 Å². The van der Waals surface area contributed by atoms with Crippen LogP contribution in [0.1, 0.15) is 51.4 Å². The van der Waals surface area contributed by atoms with Crippen LogP contribution in [-0.4, -0.2) is 23.5 Å². The number of carboxylic acid groups (broad SMARTS) is 1. The van der Waals surface area contributed by atoms with E-state index in [9.17, 15) is 9.59 Å². The molecule has 0 radical (unpaired) electrons. The Balaban J connectivity index is 2.13. The van der Waals surface area contributed by atoms with E-state index in [1.54, 1.807) is 0 Å². The standard InChI is InChI=1S/C14H23NO3/c1-2-8-14(9-6-10-14)13(18)15-11-5-3-4-7-12(16)17/h2H,1,3-11H2,(H,15,18)(H,16,17). The van der Waals surface area contributed by atoms with Gasteiger partial charge in [-0.3, -0.25) is 9.59 Å². The van der Waals surface area contributed by atoms with E-state index in [1.807, 2.05) is 6.08 Å². The number of hydrogen-bond acceptors (Lipinski definition) is 2. The van der Waals surface area contributed by atoms with Crippen molar-refractivity contribution in [2.75, 3.05) is 6.54 Å². The van der Waals surface area contributed by atoms with Crippen LogP contribution >= 0.6 is 0 Å². The minimum Gasteiger partial charge on any atom is -0.481 e. The third-order valence-corrected chi connectivity index (χ3v) is 3.68. The average molecular weight is 253 g/mol. The third-order valence-electron chi connectivity index (χ3n) is 3.68. The Morgan fingerprint density at radius 1 is 1.28 bits per heavy atom. The van der Waals surface area contributed by atoms with Crippen LogP contribution in [0.15, 0.2) is 12.7 Å². The summed E-state index contributed by atoms with van der Waals surface area (Å²) in [4.78, 5) is 22.3. The SMILES string of the molecule is C=CCC1(C(=O)NCCCCCC(=O)O)CCC1. The maximum absolute atomic E-state index is 12.0. The van der Waals surface area contributed by atoms with Crippen LogP contribution in [-0.2, 0) is 9.59 Å². The molecule has 0 bridgehead atoms. The van der Waals surface area contributed by atoms with Crippen LogP contribution in [0.25, 0.3) is 0 Å². The van der Waals surface area contributed by atoms with Gasteiger partial charge in [0, 0.05) is 13.0 Å². The van der Waals surface area contributed by atoms with Crippen molar-refractivity contribution in [1.82, 2.24) is 5.32 Å². The van der Waals surface area contributed by atoms with Crippen molar-refractivity contribution in [2.24, 2.45) is 5.41 Å². The van der Waals surface area contributed by atoms with Crippen LogP contribution in [0.2, 0.25) is 0 Å². The summed E-state index contributed by atoms with van der Waals surface area (Å²) in [7, 11) is 0.